The summed E-state index contributed by atoms with van der Waals surface area (Å²) in [6.45, 7) is 15.6. The number of nitrogens with one attached hydrogen (secondary N) is 2. The molecule has 2 heterocycles. The first kappa shape index (κ1) is 40.1. The Bertz CT molecular complexity index is 1600. The van der Waals surface area contributed by atoms with E-state index in [9.17, 15) is 27.6 Å². The number of hydrogen-bond acceptors (Lipinski definition) is 12. The number of ether oxygens (including phenoxy) is 3. The van der Waals surface area contributed by atoms with Crippen molar-refractivity contribution < 1.29 is 41.8 Å². The maximum absolute atomic E-state index is 14.1. The van der Waals surface area contributed by atoms with Crippen molar-refractivity contribution in [1.82, 2.24) is 20.5 Å². The van der Waals surface area contributed by atoms with Crippen LogP contribution in [0, 0.1) is 12.3 Å². The van der Waals surface area contributed by atoms with E-state index in [0.29, 0.717) is 10.8 Å². The van der Waals surface area contributed by atoms with Gasteiger partial charge in [0.2, 0.25) is 11.8 Å². The lowest BCUT2D eigenvalue weighted by molar-refractivity contribution is -0.142. The summed E-state index contributed by atoms with van der Waals surface area (Å²) in [4.78, 5) is 60.0. The Hall–Kier alpha value is -3.37. The predicted molar refractivity (Wildman–Crippen MR) is 190 cm³/mol. The van der Waals surface area contributed by atoms with Crippen LogP contribution in [0.1, 0.15) is 73.1 Å². The van der Waals surface area contributed by atoms with Gasteiger partial charge in [-0.25, -0.2) is 23.0 Å². The molecule has 5 atom stereocenters. The van der Waals surface area contributed by atoms with Gasteiger partial charge in [-0.05, 0) is 68.9 Å². The first-order valence-electron chi connectivity index (χ1n) is 15.9. The first-order chi connectivity index (χ1) is 22.5. The van der Waals surface area contributed by atoms with Crippen LogP contribution in [0.4, 0.5) is 9.59 Å². The molecule has 2 N–H and O–H groups in total. The van der Waals surface area contributed by atoms with Crippen LogP contribution in [0.5, 0.6) is 0 Å². The van der Waals surface area contributed by atoms with Crippen LogP contribution in [-0.2, 0) is 39.2 Å². The molecule has 0 saturated carbocycles. The van der Waals surface area contributed by atoms with Crippen molar-refractivity contribution in [2.24, 2.45) is 5.41 Å². The van der Waals surface area contributed by atoms with Gasteiger partial charge in [0, 0.05) is 19.2 Å². The molecule has 16 heteroatoms. The van der Waals surface area contributed by atoms with E-state index >= 15 is 0 Å². The minimum Gasteiger partial charge on any atom is -0.444 e. The number of thiazole rings is 1. The Morgan fingerprint density at radius 2 is 1.71 bits per heavy atom. The van der Waals surface area contributed by atoms with Crippen LogP contribution in [0.25, 0.3) is 10.4 Å². The predicted octanol–water partition coefficient (Wildman–Crippen LogP) is 5.27. The van der Waals surface area contributed by atoms with Crippen molar-refractivity contribution in [3.8, 4) is 10.4 Å². The molecule has 13 nitrogen and oxygen atoms in total. The molecule has 1 aromatic carbocycles. The van der Waals surface area contributed by atoms with E-state index in [1.807, 2.05) is 31.2 Å². The summed E-state index contributed by atoms with van der Waals surface area (Å²) in [5.41, 5.74) is 2.98. The van der Waals surface area contributed by atoms with Crippen LogP contribution in [0.3, 0.4) is 0 Å². The summed E-state index contributed by atoms with van der Waals surface area (Å²) >= 11 is 1.54. The van der Waals surface area contributed by atoms with E-state index in [4.69, 9.17) is 14.2 Å². The van der Waals surface area contributed by atoms with Crippen molar-refractivity contribution in [2.75, 3.05) is 12.8 Å². The topological polar surface area (TPSA) is 170 Å². The fraction of sp³-hybridized carbons (Fsp3) is 0.606. The number of likely N-dealkylation sites (tertiary alicyclic amines) is 1. The number of amides is 3. The molecular formula is C33H48N4O9S3. The average molecular weight is 741 g/mol. The maximum Gasteiger partial charge on any atom is 0.508 e. The number of hydrogen-bond donors (Lipinski definition) is 2. The second-order valence-electron chi connectivity index (χ2n) is 14.2. The normalized spacial score (nSPS) is 18.6. The summed E-state index contributed by atoms with van der Waals surface area (Å²) in [6, 6.07) is 5.59. The SMILES string of the molecule is Cc1ncsc1-c1ccc(CNC(=O)[C@@H]2C[C@@H](OC(=O)OC(C)C(C)SS(C)(=O)=O)CN2C(=O)[C@@H](NC(=O)OC(C)(C)C)C(C)(C)C)cc1. The molecule has 272 valence electrons. The molecule has 1 saturated heterocycles. The van der Waals surface area contributed by atoms with E-state index < -0.39 is 73.5 Å². The van der Waals surface area contributed by atoms with Gasteiger partial charge < -0.3 is 29.7 Å². The minimum absolute atomic E-state index is 0.0262. The van der Waals surface area contributed by atoms with Gasteiger partial charge in [-0.1, -0.05) is 45.0 Å². The van der Waals surface area contributed by atoms with Crippen LogP contribution in [0.15, 0.2) is 29.8 Å². The van der Waals surface area contributed by atoms with E-state index in [1.165, 1.54) is 4.90 Å². The number of alkyl carbamates (subject to hydrolysis) is 1. The quantitative estimate of drug-likeness (QED) is 0.227. The van der Waals surface area contributed by atoms with Gasteiger partial charge in [-0.3, -0.25) is 9.59 Å². The molecule has 1 fully saturated rings. The van der Waals surface area contributed by atoms with Gasteiger partial charge in [-0.2, -0.15) is 0 Å². The summed E-state index contributed by atoms with van der Waals surface area (Å²) in [7, 11) is -2.72. The molecule has 1 aliphatic rings. The highest BCUT2D eigenvalue weighted by Crippen LogP contribution is 2.30. The monoisotopic (exact) mass is 740 g/mol. The largest absolute Gasteiger partial charge is 0.508 e. The highest BCUT2D eigenvalue weighted by molar-refractivity contribution is 8.72. The zero-order valence-electron chi connectivity index (χ0n) is 29.7. The van der Waals surface area contributed by atoms with Crippen molar-refractivity contribution in [2.45, 2.75) is 110 Å². The van der Waals surface area contributed by atoms with Crippen molar-refractivity contribution >= 4 is 55.1 Å². The third-order valence-corrected chi connectivity index (χ3v) is 11.6. The number of aromatic nitrogens is 1. The van der Waals surface area contributed by atoms with E-state index in [1.54, 1.807) is 72.2 Å². The number of rotatable bonds is 11. The molecule has 2 unspecified atom stereocenters. The number of benzene rings is 1. The first-order valence-corrected chi connectivity index (χ1v) is 20.0. The molecule has 2 aromatic rings. The third kappa shape index (κ3) is 12.2. The third-order valence-electron chi connectivity index (χ3n) is 7.58. The summed E-state index contributed by atoms with van der Waals surface area (Å²) in [6.07, 6.45) is -2.52. The van der Waals surface area contributed by atoms with Gasteiger partial charge in [0.15, 0.2) is 8.87 Å². The lowest BCUT2D eigenvalue weighted by Crippen LogP contribution is -2.58. The molecule has 0 spiro atoms. The summed E-state index contributed by atoms with van der Waals surface area (Å²) in [5.74, 6) is -1.01. The molecule has 1 aromatic heterocycles. The van der Waals surface area contributed by atoms with E-state index in [0.717, 1.165) is 28.0 Å². The van der Waals surface area contributed by atoms with E-state index in [2.05, 4.69) is 15.6 Å². The lowest BCUT2D eigenvalue weighted by Gasteiger charge is -2.35. The van der Waals surface area contributed by atoms with Gasteiger partial charge in [0.05, 0.1) is 27.9 Å². The standard InChI is InChI=1S/C33H48N4O9S3/c1-19-26(47-18-35-19)23-13-11-22(12-14-23)16-34-28(38)25-15-24(45-31(41)44-20(2)21(3)48-49(10,42)43)17-37(25)29(39)27(32(4,5)6)36-30(40)46-33(7,8)9/h11-14,18,20-21,24-25,27H,15-17H2,1-10H3,(H,34,38)(H,36,40)/t20?,21?,24-,25+,27-/m1/s1. The van der Waals surface area contributed by atoms with Crippen LogP contribution in [0.2, 0.25) is 0 Å². The van der Waals surface area contributed by atoms with Gasteiger partial charge in [0.1, 0.15) is 29.9 Å². The molecule has 0 bridgehead atoms. The fourth-order valence-corrected chi connectivity index (χ4v) is 8.74. The molecule has 0 aliphatic carbocycles. The Morgan fingerprint density at radius 3 is 2.24 bits per heavy atom. The van der Waals surface area contributed by atoms with Gasteiger partial charge in [0.25, 0.3) is 0 Å². The number of carbonyl (C=O) groups is 4. The molecule has 3 amide bonds. The van der Waals surface area contributed by atoms with Crippen molar-refractivity contribution in [3.63, 3.8) is 0 Å². The second kappa shape index (κ2) is 16.1. The minimum atomic E-state index is -3.38. The van der Waals surface area contributed by atoms with Crippen LogP contribution >= 0.6 is 22.1 Å². The van der Waals surface area contributed by atoms with Crippen LogP contribution < -0.4 is 10.6 Å². The highest BCUT2D eigenvalue weighted by atomic mass is 33.1. The fourth-order valence-electron chi connectivity index (χ4n) is 5.04. The van der Waals surface area contributed by atoms with Crippen molar-refractivity contribution in [1.29, 1.82) is 0 Å². The Morgan fingerprint density at radius 1 is 1.08 bits per heavy atom. The van der Waals surface area contributed by atoms with E-state index in [-0.39, 0.29) is 19.5 Å². The summed E-state index contributed by atoms with van der Waals surface area (Å²) < 4.78 is 39.6. The smallest absolute Gasteiger partial charge is 0.444 e. The van der Waals surface area contributed by atoms with Gasteiger partial charge in [-0.15, -0.1) is 11.3 Å². The summed E-state index contributed by atoms with van der Waals surface area (Å²) in [5, 5.41) is 4.99. The Kier molecular flexibility index (Phi) is 13.2. The lowest BCUT2D eigenvalue weighted by atomic mass is 9.85. The van der Waals surface area contributed by atoms with Crippen LogP contribution in [-0.4, -0.2) is 90.3 Å². The number of carbonyl (C=O) groups excluding carboxylic acids is 4. The van der Waals surface area contributed by atoms with Crippen molar-refractivity contribution in [3.05, 3.63) is 41.0 Å². The average Bonchev–Trinajstić information content (AvgIpc) is 3.58. The highest BCUT2D eigenvalue weighted by Gasteiger charge is 2.46. The molecule has 0 radical (unpaired) electrons. The molecular weight excluding hydrogens is 693 g/mol. The zero-order valence-corrected chi connectivity index (χ0v) is 32.1. The maximum atomic E-state index is 14.1. The number of nitrogens with zero attached hydrogens (tertiary/aromatic N) is 2. The molecule has 49 heavy (non-hydrogen) atoms. The molecule has 3 rings (SSSR count). The Balaban J connectivity index is 1.79. The second-order valence-corrected chi connectivity index (χ2v) is 19.8. The Labute approximate surface area is 296 Å². The zero-order chi connectivity index (χ0) is 36.9. The van der Waals surface area contributed by atoms with Gasteiger partial charge >= 0.3 is 12.2 Å². The molecule has 1 aliphatic heterocycles. The number of aryl methyl sites for hydroxylation is 1.